The molecule has 3 heteroatoms. The normalized spacial score (nSPS) is 13.5. The molecule has 1 rings (SSSR count). The summed E-state index contributed by atoms with van der Waals surface area (Å²) in [7, 11) is 0. The second-order valence-corrected chi connectivity index (χ2v) is 4.30. The van der Waals surface area contributed by atoms with Crippen LogP contribution < -0.4 is 11.1 Å². The highest BCUT2D eigenvalue weighted by Gasteiger charge is 2.29. The van der Waals surface area contributed by atoms with E-state index in [0.717, 1.165) is 5.56 Å². The summed E-state index contributed by atoms with van der Waals surface area (Å²) in [6.45, 7) is 4.13. The van der Waals surface area contributed by atoms with E-state index in [1.54, 1.807) is 6.07 Å². The molecule has 0 bridgehead atoms. The molecule has 1 unspecified atom stereocenters. The molecule has 3 nitrogen and oxygen atoms in total. The Morgan fingerprint density at radius 2 is 2.29 bits per heavy atom. The van der Waals surface area contributed by atoms with E-state index < -0.39 is 5.41 Å². The first-order valence-corrected chi connectivity index (χ1v) is 5.64. The Balaban J connectivity index is 2.85. The number of hydrogen-bond acceptors (Lipinski definition) is 2. The van der Waals surface area contributed by atoms with E-state index in [4.69, 9.17) is 12.2 Å². The topological polar surface area (TPSA) is 55.1 Å². The molecule has 1 aromatic carbocycles. The lowest BCUT2D eigenvalue weighted by Crippen LogP contribution is -2.39. The quantitative estimate of drug-likeness (QED) is 0.777. The third-order valence-electron chi connectivity index (χ3n) is 3.07. The number of carbonyl (C=O) groups excluding carboxylic acids is 1. The van der Waals surface area contributed by atoms with E-state index in [1.807, 2.05) is 32.0 Å². The fourth-order valence-electron chi connectivity index (χ4n) is 1.37. The fraction of sp³-hybridized carbons (Fsp3) is 0.357. The van der Waals surface area contributed by atoms with Gasteiger partial charge < -0.3 is 11.1 Å². The average Bonchev–Trinajstić information content (AvgIpc) is 2.37. The van der Waals surface area contributed by atoms with Crippen molar-refractivity contribution in [1.29, 1.82) is 0 Å². The Hall–Kier alpha value is -1.79. The van der Waals surface area contributed by atoms with E-state index in [1.165, 1.54) is 0 Å². The summed E-state index contributed by atoms with van der Waals surface area (Å²) >= 11 is 0. The Bertz CT molecular complexity index is 442. The second kappa shape index (κ2) is 5.51. The molecular weight excluding hydrogens is 212 g/mol. The molecule has 0 aromatic heterocycles. The molecule has 0 aliphatic rings. The molecule has 0 aliphatic heterocycles. The van der Waals surface area contributed by atoms with Crippen LogP contribution in [-0.2, 0) is 4.79 Å². The molecule has 0 spiro atoms. The van der Waals surface area contributed by atoms with Gasteiger partial charge in [-0.1, -0.05) is 18.9 Å². The van der Waals surface area contributed by atoms with E-state index in [-0.39, 0.29) is 5.91 Å². The molecule has 0 aliphatic carbocycles. The van der Waals surface area contributed by atoms with Crippen LogP contribution in [0.4, 0.5) is 5.69 Å². The van der Waals surface area contributed by atoms with Crippen LogP contribution in [0.3, 0.4) is 0 Å². The summed E-state index contributed by atoms with van der Waals surface area (Å²) in [5, 5.41) is 2.84. The highest BCUT2D eigenvalue weighted by molar-refractivity contribution is 5.95. The van der Waals surface area contributed by atoms with Crippen molar-refractivity contribution in [2.45, 2.75) is 20.3 Å². The molecule has 3 N–H and O–H groups in total. The van der Waals surface area contributed by atoms with E-state index in [2.05, 4.69) is 11.2 Å². The second-order valence-electron chi connectivity index (χ2n) is 4.30. The zero-order valence-corrected chi connectivity index (χ0v) is 10.3. The van der Waals surface area contributed by atoms with Crippen molar-refractivity contribution in [2.24, 2.45) is 11.1 Å². The number of terminal acetylenes is 1. The summed E-state index contributed by atoms with van der Waals surface area (Å²) < 4.78 is 0. The Morgan fingerprint density at radius 3 is 2.82 bits per heavy atom. The average molecular weight is 230 g/mol. The third-order valence-corrected chi connectivity index (χ3v) is 3.07. The highest BCUT2D eigenvalue weighted by Crippen LogP contribution is 2.22. The number of hydrogen-bond donors (Lipinski definition) is 2. The Kier molecular flexibility index (Phi) is 4.30. The largest absolute Gasteiger partial charge is 0.329 e. The number of carbonyl (C=O) groups is 1. The van der Waals surface area contributed by atoms with E-state index in [9.17, 15) is 4.79 Å². The van der Waals surface area contributed by atoms with Crippen molar-refractivity contribution in [2.75, 3.05) is 11.9 Å². The summed E-state index contributed by atoms with van der Waals surface area (Å²) in [5.74, 6) is 2.46. The number of nitrogens with two attached hydrogens (primary N) is 1. The van der Waals surface area contributed by atoms with Crippen LogP contribution in [0.2, 0.25) is 0 Å². The van der Waals surface area contributed by atoms with Crippen molar-refractivity contribution in [1.82, 2.24) is 0 Å². The van der Waals surface area contributed by atoms with Gasteiger partial charge in [-0.15, -0.1) is 6.42 Å². The van der Waals surface area contributed by atoms with Crippen molar-refractivity contribution in [3.8, 4) is 12.3 Å². The predicted molar refractivity (Wildman–Crippen MR) is 70.5 cm³/mol. The standard InChI is InChI=1S/C14H18N2O/c1-4-11-7-6-8-12(9-11)16-13(17)14(3,5-2)10-15/h1,6-9H,5,10,15H2,2-3H3,(H,16,17). The van der Waals surface area contributed by atoms with Crippen LogP contribution in [0.15, 0.2) is 24.3 Å². The number of rotatable bonds is 4. The highest BCUT2D eigenvalue weighted by atomic mass is 16.2. The molecule has 17 heavy (non-hydrogen) atoms. The Morgan fingerprint density at radius 1 is 1.59 bits per heavy atom. The molecule has 0 radical (unpaired) electrons. The molecule has 1 aromatic rings. The summed E-state index contributed by atoms with van der Waals surface area (Å²) in [5.41, 5.74) is 6.55. The van der Waals surface area contributed by atoms with Crippen molar-refractivity contribution in [3.63, 3.8) is 0 Å². The van der Waals surface area contributed by atoms with Crippen molar-refractivity contribution in [3.05, 3.63) is 29.8 Å². The van der Waals surface area contributed by atoms with E-state index >= 15 is 0 Å². The monoisotopic (exact) mass is 230 g/mol. The number of amides is 1. The summed E-state index contributed by atoms with van der Waals surface area (Å²) in [6, 6.07) is 7.21. The van der Waals surface area contributed by atoms with Gasteiger partial charge in [0, 0.05) is 17.8 Å². The van der Waals surface area contributed by atoms with Crippen molar-refractivity contribution < 1.29 is 4.79 Å². The minimum Gasteiger partial charge on any atom is -0.329 e. The predicted octanol–water partition coefficient (Wildman–Crippen LogP) is 1.98. The number of benzene rings is 1. The minimum atomic E-state index is -0.536. The van der Waals surface area contributed by atoms with Gasteiger partial charge in [0.25, 0.3) is 0 Å². The zero-order chi connectivity index (χ0) is 12.9. The van der Waals surface area contributed by atoms with Gasteiger partial charge in [-0.05, 0) is 31.5 Å². The maximum atomic E-state index is 12.1. The van der Waals surface area contributed by atoms with Gasteiger partial charge in [-0.25, -0.2) is 0 Å². The smallest absolute Gasteiger partial charge is 0.231 e. The van der Waals surface area contributed by atoms with Crippen LogP contribution >= 0.6 is 0 Å². The van der Waals surface area contributed by atoms with Crippen molar-refractivity contribution >= 4 is 11.6 Å². The molecule has 0 saturated heterocycles. The molecule has 1 atom stereocenters. The molecule has 1 amide bonds. The third kappa shape index (κ3) is 3.08. The maximum absolute atomic E-state index is 12.1. The first-order valence-electron chi connectivity index (χ1n) is 5.64. The van der Waals surface area contributed by atoms with Crippen LogP contribution in [0.1, 0.15) is 25.8 Å². The van der Waals surface area contributed by atoms with Crippen LogP contribution in [0.5, 0.6) is 0 Å². The van der Waals surface area contributed by atoms with Crippen LogP contribution in [-0.4, -0.2) is 12.5 Å². The zero-order valence-electron chi connectivity index (χ0n) is 10.3. The summed E-state index contributed by atoms with van der Waals surface area (Å²) in [6.07, 6.45) is 6.00. The lowest BCUT2D eigenvalue weighted by atomic mass is 9.86. The first-order chi connectivity index (χ1) is 8.05. The first kappa shape index (κ1) is 13.3. The molecule has 0 heterocycles. The van der Waals surface area contributed by atoms with Gasteiger partial charge in [0.1, 0.15) is 0 Å². The van der Waals surface area contributed by atoms with Crippen LogP contribution in [0.25, 0.3) is 0 Å². The van der Waals surface area contributed by atoms with Gasteiger partial charge in [0.05, 0.1) is 5.41 Å². The summed E-state index contributed by atoms with van der Waals surface area (Å²) in [4.78, 5) is 12.1. The van der Waals surface area contributed by atoms with E-state index in [0.29, 0.717) is 18.7 Å². The van der Waals surface area contributed by atoms with Gasteiger partial charge >= 0.3 is 0 Å². The lowest BCUT2D eigenvalue weighted by Gasteiger charge is -2.24. The molecular formula is C14H18N2O. The fourth-order valence-corrected chi connectivity index (χ4v) is 1.37. The van der Waals surface area contributed by atoms with Gasteiger partial charge in [0.2, 0.25) is 5.91 Å². The number of nitrogens with one attached hydrogen (secondary N) is 1. The van der Waals surface area contributed by atoms with Gasteiger partial charge in [-0.2, -0.15) is 0 Å². The molecule has 0 saturated carbocycles. The van der Waals surface area contributed by atoms with Gasteiger partial charge in [-0.3, -0.25) is 4.79 Å². The van der Waals surface area contributed by atoms with Gasteiger partial charge in [0.15, 0.2) is 0 Å². The number of anilines is 1. The minimum absolute atomic E-state index is 0.0725. The maximum Gasteiger partial charge on any atom is 0.231 e. The molecule has 0 fully saturated rings. The molecule has 90 valence electrons. The lowest BCUT2D eigenvalue weighted by molar-refractivity contribution is -0.124. The van der Waals surface area contributed by atoms with Crippen LogP contribution in [0, 0.1) is 17.8 Å². The Labute approximate surface area is 102 Å². The SMILES string of the molecule is C#Cc1cccc(NC(=O)C(C)(CC)CN)c1.